The van der Waals surface area contributed by atoms with E-state index < -0.39 is 6.10 Å². The van der Waals surface area contributed by atoms with Gasteiger partial charge in [-0.1, -0.05) is 21.1 Å². The molecule has 24 heavy (non-hydrogen) atoms. The number of amides is 1. The Kier molecular flexibility index (Phi) is 4.71. The number of aromatic hydroxyl groups is 1. The van der Waals surface area contributed by atoms with Crippen LogP contribution in [-0.4, -0.2) is 29.9 Å². The number of anilines is 1. The normalized spacial score (nSPS) is 16.2. The molecule has 1 amide bonds. The number of carbonyl (C=O) groups is 1. The molecule has 1 heterocycles. The van der Waals surface area contributed by atoms with Crippen molar-refractivity contribution in [2.75, 3.05) is 12.4 Å². The second-order valence-corrected chi connectivity index (χ2v) is 6.13. The van der Waals surface area contributed by atoms with Crippen LogP contribution in [0.4, 0.5) is 5.69 Å². The molecule has 3 rings (SSSR count). The van der Waals surface area contributed by atoms with Crippen molar-refractivity contribution >= 4 is 33.2 Å². The van der Waals surface area contributed by atoms with Gasteiger partial charge in [0.25, 0.3) is 5.91 Å². The van der Waals surface area contributed by atoms with Crippen molar-refractivity contribution in [1.82, 2.24) is 0 Å². The summed E-state index contributed by atoms with van der Waals surface area (Å²) in [5.74, 6) is 0.370. The molecule has 2 aromatic rings. The molecule has 2 N–H and O–H groups in total. The molecule has 0 unspecified atom stereocenters. The van der Waals surface area contributed by atoms with Crippen LogP contribution < -0.4 is 10.1 Å². The second kappa shape index (κ2) is 6.92. The summed E-state index contributed by atoms with van der Waals surface area (Å²) < 4.78 is 5.86. The molecule has 0 radical (unpaired) electrons. The van der Waals surface area contributed by atoms with Crippen LogP contribution in [0.1, 0.15) is 12.0 Å². The Morgan fingerprint density at radius 1 is 1.33 bits per heavy atom. The summed E-state index contributed by atoms with van der Waals surface area (Å²) in [7, 11) is 1.60. The average molecular weight is 391 g/mol. The van der Waals surface area contributed by atoms with Gasteiger partial charge < -0.3 is 20.0 Å². The number of nitrogens with zero attached hydrogens (tertiary/aromatic N) is 1. The molecule has 0 spiro atoms. The maximum atomic E-state index is 12.3. The molecule has 7 heteroatoms. The van der Waals surface area contributed by atoms with E-state index in [1.807, 2.05) is 24.3 Å². The second-order valence-electron chi connectivity index (χ2n) is 5.22. The van der Waals surface area contributed by atoms with Gasteiger partial charge in [0.05, 0.1) is 18.5 Å². The Labute approximate surface area is 147 Å². The number of nitrogens with one attached hydrogen (secondary N) is 1. The van der Waals surface area contributed by atoms with Crippen LogP contribution in [0.3, 0.4) is 0 Å². The molecule has 0 aliphatic carbocycles. The lowest BCUT2D eigenvalue weighted by Crippen LogP contribution is -2.28. The summed E-state index contributed by atoms with van der Waals surface area (Å²) in [6.07, 6.45) is -0.382. The highest BCUT2D eigenvalue weighted by Crippen LogP contribution is 2.28. The minimum absolute atomic E-state index is 0.0131. The van der Waals surface area contributed by atoms with Crippen molar-refractivity contribution in [2.24, 2.45) is 5.16 Å². The van der Waals surface area contributed by atoms with E-state index in [0.717, 1.165) is 15.8 Å². The molecular formula is C17H15BrN2O4. The molecule has 0 saturated heterocycles. The summed E-state index contributed by atoms with van der Waals surface area (Å²) in [6, 6.07) is 12.2. The van der Waals surface area contributed by atoms with Crippen molar-refractivity contribution in [2.45, 2.75) is 12.5 Å². The van der Waals surface area contributed by atoms with Gasteiger partial charge in [-0.2, -0.15) is 0 Å². The monoisotopic (exact) mass is 390 g/mol. The smallest absolute Gasteiger partial charge is 0.268 e. The Morgan fingerprint density at radius 2 is 2.08 bits per heavy atom. The van der Waals surface area contributed by atoms with Crippen LogP contribution in [0.25, 0.3) is 0 Å². The number of carbonyl (C=O) groups excluding carboxylic acids is 1. The first-order valence-corrected chi connectivity index (χ1v) is 8.02. The lowest BCUT2D eigenvalue weighted by atomic mass is 10.0. The van der Waals surface area contributed by atoms with Gasteiger partial charge in [-0.25, -0.2) is 0 Å². The van der Waals surface area contributed by atoms with Gasteiger partial charge in [0.2, 0.25) is 6.10 Å². The fraction of sp³-hybridized carbons (Fsp3) is 0.176. The predicted octanol–water partition coefficient (Wildman–Crippen LogP) is 3.30. The highest BCUT2D eigenvalue weighted by molar-refractivity contribution is 9.10. The van der Waals surface area contributed by atoms with Gasteiger partial charge in [-0.3, -0.25) is 4.79 Å². The summed E-state index contributed by atoms with van der Waals surface area (Å²) in [5.41, 5.74) is 1.88. The molecule has 1 atom stereocenters. The highest BCUT2D eigenvalue weighted by atomic mass is 79.9. The summed E-state index contributed by atoms with van der Waals surface area (Å²) in [4.78, 5) is 17.5. The number of oxime groups is 1. The quantitative estimate of drug-likeness (QED) is 0.784. The van der Waals surface area contributed by atoms with Crippen molar-refractivity contribution in [3.05, 3.63) is 52.5 Å². The number of hydrogen-bond acceptors (Lipinski definition) is 5. The molecule has 124 valence electrons. The minimum Gasteiger partial charge on any atom is -0.506 e. The van der Waals surface area contributed by atoms with E-state index in [2.05, 4.69) is 26.4 Å². The number of phenolic OH excluding ortho intramolecular Hbond substituents is 1. The minimum atomic E-state index is -0.736. The first-order chi connectivity index (χ1) is 11.6. The van der Waals surface area contributed by atoms with Gasteiger partial charge in [0.1, 0.15) is 11.5 Å². The van der Waals surface area contributed by atoms with Crippen molar-refractivity contribution in [1.29, 1.82) is 0 Å². The Balaban J connectivity index is 1.65. The van der Waals surface area contributed by atoms with Crippen LogP contribution in [0.5, 0.6) is 11.5 Å². The number of halogens is 1. The third kappa shape index (κ3) is 3.51. The zero-order chi connectivity index (χ0) is 17.1. The lowest BCUT2D eigenvalue weighted by molar-refractivity contribution is -0.125. The maximum absolute atomic E-state index is 12.3. The molecular weight excluding hydrogens is 376 g/mol. The number of hydrogen-bond donors (Lipinski definition) is 2. The number of rotatable bonds is 4. The van der Waals surface area contributed by atoms with E-state index in [4.69, 9.17) is 9.57 Å². The van der Waals surface area contributed by atoms with Crippen molar-refractivity contribution < 1.29 is 19.5 Å². The van der Waals surface area contributed by atoms with E-state index in [0.29, 0.717) is 17.8 Å². The Hall–Kier alpha value is -2.54. The first-order valence-electron chi connectivity index (χ1n) is 7.23. The lowest BCUT2D eigenvalue weighted by Gasteiger charge is -2.11. The molecule has 2 aromatic carbocycles. The summed E-state index contributed by atoms with van der Waals surface area (Å²) in [6.45, 7) is 0. The summed E-state index contributed by atoms with van der Waals surface area (Å²) >= 11 is 3.30. The highest BCUT2D eigenvalue weighted by Gasteiger charge is 2.29. The number of phenols is 1. The van der Waals surface area contributed by atoms with Gasteiger partial charge in [-0.05, 0) is 48.0 Å². The topological polar surface area (TPSA) is 80.2 Å². The standard InChI is InChI=1S/C17H15BrN2O4/c1-23-12-5-2-10(3-6-12)13-9-16(24-20-13)17(22)19-14-8-11(18)4-7-15(14)21/h2-8,16,21H,9H2,1H3,(H,19,22)/t16-/m1/s1. The molecule has 0 fully saturated rings. The zero-order valence-electron chi connectivity index (χ0n) is 12.8. The number of methoxy groups -OCH3 is 1. The number of ether oxygens (including phenoxy) is 1. The van der Waals surface area contributed by atoms with E-state index in [9.17, 15) is 9.90 Å². The fourth-order valence-corrected chi connectivity index (χ4v) is 2.65. The van der Waals surface area contributed by atoms with Crippen molar-refractivity contribution in [3.8, 4) is 11.5 Å². The summed E-state index contributed by atoms with van der Waals surface area (Å²) in [5, 5.41) is 16.4. The molecule has 6 nitrogen and oxygen atoms in total. The van der Waals surface area contributed by atoms with Gasteiger partial charge in [0.15, 0.2) is 0 Å². The Morgan fingerprint density at radius 3 is 2.79 bits per heavy atom. The van der Waals surface area contributed by atoms with Crippen LogP contribution in [0.2, 0.25) is 0 Å². The average Bonchev–Trinajstić information content (AvgIpc) is 3.08. The van der Waals surface area contributed by atoms with Crippen LogP contribution in [-0.2, 0) is 9.63 Å². The third-order valence-corrected chi connectivity index (χ3v) is 4.09. The third-order valence-electron chi connectivity index (χ3n) is 3.60. The van der Waals surface area contributed by atoms with E-state index in [1.165, 1.54) is 6.07 Å². The maximum Gasteiger partial charge on any atom is 0.268 e. The molecule has 1 aliphatic rings. The first kappa shape index (κ1) is 16.3. The van der Waals surface area contributed by atoms with Crippen LogP contribution in [0.15, 0.2) is 52.1 Å². The van der Waals surface area contributed by atoms with Crippen molar-refractivity contribution in [3.63, 3.8) is 0 Å². The van der Waals surface area contributed by atoms with E-state index in [1.54, 1.807) is 19.2 Å². The largest absolute Gasteiger partial charge is 0.506 e. The number of benzene rings is 2. The van der Waals surface area contributed by atoms with Gasteiger partial charge in [0, 0.05) is 10.9 Å². The van der Waals surface area contributed by atoms with Crippen LogP contribution >= 0.6 is 15.9 Å². The fourth-order valence-electron chi connectivity index (χ4n) is 2.29. The van der Waals surface area contributed by atoms with E-state index in [-0.39, 0.29) is 11.7 Å². The molecule has 0 aromatic heterocycles. The van der Waals surface area contributed by atoms with Crippen LogP contribution in [0, 0.1) is 0 Å². The zero-order valence-corrected chi connectivity index (χ0v) is 14.4. The Bertz CT molecular complexity index is 790. The van der Waals surface area contributed by atoms with E-state index >= 15 is 0 Å². The molecule has 0 bridgehead atoms. The van der Waals surface area contributed by atoms with Gasteiger partial charge >= 0.3 is 0 Å². The van der Waals surface area contributed by atoms with Gasteiger partial charge in [-0.15, -0.1) is 0 Å². The SMILES string of the molecule is COc1ccc(C2=NO[C@@H](C(=O)Nc3cc(Br)ccc3O)C2)cc1. The molecule has 1 aliphatic heterocycles. The predicted molar refractivity (Wildman–Crippen MR) is 93.5 cm³/mol. The molecule has 0 saturated carbocycles.